The molecule has 1 saturated heterocycles. The number of rotatable bonds is 4. The molecule has 4 rings (SSSR count). The van der Waals surface area contributed by atoms with Crippen molar-refractivity contribution < 1.29 is 9.53 Å². The van der Waals surface area contributed by atoms with E-state index in [1.165, 1.54) is 4.57 Å². The number of benzene rings is 2. The smallest absolute Gasteiger partial charge is 0.351 e. The average molecular weight is 453 g/mol. The van der Waals surface area contributed by atoms with Gasteiger partial charge < -0.3 is 10.1 Å². The molecule has 178 valence electrons. The minimum atomic E-state index is -0.457. The van der Waals surface area contributed by atoms with Crippen molar-refractivity contribution in [3.63, 3.8) is 0 Å². The van der Waals surface area contributed by atoms with Crippen molar-refractivity contribution in [2.75, 3.05) is 10.6 Å². The standard InChI is InChI=1S/C22H24N4O3.2C2H6/c1-3-18-14(2)12-20(29-18)26-11-10-19(25-22(26)28)24-21(27)23-17-9-8-15-6-4-5-7-16(15)13-17;2*1-2/h4-11,13-14,18,20H,3,12H2,1-2H3,(H2,23,24,25,27,28);2*1-2H3/t14-,18?,20?;;/m1../s1. The third-order valence-corrected chi connectivity index (χ3v) is 5.33. The first-order valence-electron chi connectivity index (χ1n) is 11.8. The minimum Gasteiger partial charge on any atom is -0.354 e. The first-order valence-corrected chi connectivity index (χ1v) is 11.8. The summed E-state index contributed by atoms with van der Waals surface area (Å²) in [4.78, 5) is 28.7. The molecule has 0 bridgehead atoms. The van der Waals surface area contributed by atoms with Crippen LogP contribution < -0.4 is 16.3 Å². The summed E-state index contributed by atoms with van der Waals surface area (Å²) < 4.78 is 7.43. The normalized spacial score (nSPS) is 19.0. The Balaban J connectivity index is 0.000000914. The summed E-state index contributed by atoms with van der Waals surface area (Å²) in [6, 6.07) is 14.7. The number of fused-ring (bicyclic) bond motifs is 1. The summed E-state index contributed by atoms with van der Waals surface area (Å²) in [6.07, 6.45) is 3.15. The second-order valence-corrected chi connectivity index (χ2v) is 7.39. The monoisotopic (exact) mass is 452 g/mol. The van der Waals surface area contributed by atoms with Crippen LogP contribution in [0.4, 0.5) is 16.3 Å². The first-order chi connectivity index (χ1) is 16.0. The Hall–Kier alpha value is -3.19. The van der Waals surface area contributed by atoms with Crippen LogP contribution in [0, 0.1) is 5.92 Å². The fourth-order valence-corrected chi connectivity index (χ4v) is 3.79. The van der Waals surface area contributed by atoms with Gasteiger partial charge in [0.2, 0.25) is 0 Å². The van der Waals surface area contributed by atoms with Gasteiger partial charge in [-0.25, -0.2) is 9.59 Å². The Morgan fingerprint density at radius 2 is 1.76 bits per heavy atom. The molecule has 0 radical (unpaired) electrons. The van der Waals surface area contributed by atoms with E-state index in [9.17, 15) is 9.59 Å². The maximum atomic E-state index is 12.4. The van der Waals surface area contributed by atoms with Gasteiger partial charge in [-0.3, -0.25) is 9.88 Å². The van der Waals surface area contributed by atoms with Crippen LogP contribution in [-0.2, 0) is 4.74 Å². The summed E-state index contributed by atoms with van der Waals surface area (Å²) in [5.74, 6) is 0.588. The van der Waals surface area contributed by atoms with Crippen molar-refractivity contribution in [2.45, 2.75) is 66.7 Å². The van der Waals surface area contributed by atoms with Crippen molar-refractivity contribution in [3.05, 3.63) is 65.2 Å². The number of anilines is 2. The second kappa shape index (κ2) is 12.7. The number of aromatic nitrogens is 2. The summed E-state index contributed by atoms with van der Waals surface area (Å²) in [7, 11) is 0. The van der Waals surface area contributed by atoms with E-state index in [0.717, 1.165) is 23.6 Å². The van der Waals surface area contributed by atoms with Crippen molar-refractivity contribution >= 4 is 28.3 Å². The molecule has 2 amide bonds. The fourth-order valence-electron chi connectivity index (χ4n) is 3.79. The Morgan fingerprint density at radius 1 is 1.06 bits per heavy atom. The number of ether oxygens (including phenoxy) is 1. The molecule has 0 saturated carbocycles. The van der Waals surface area contributed by atoms with Gasteiger partial charge in [-0.05, 0) is 47.7 Å². The van der Waals surface area contributed by atoms with Crippen LogP contribution in [-0.4, -0.2) is 21.7 Å². The number of nitrogens with zero attached hydrogens (tertiary/aromatic N) is 2. The molecular weight excluding hydrogens is 416 g/mol. The largest absolute Gasteiger partial charge is 0.354 e. The zero-order valence-electron chi connectivity index (χ0n) is 20.5. The van der Waals surface area contributed by atoms with E-state index in [2.05, 4.69) is 29.5 Å². The van der Waals surface area contributed by atoms with Crippen LogP contribution in [0.3, 0.4) is 0 Å². The Labute approximate surface area is 196 Å². The molecule has 1 aliphatic rings. The van der Waals surface area contributed by atoms with Crippen LogP contribution in [0.5, 0.6) is 0 Å². The average Bonchev–Trinajstić information content (AvgIpc) is 3.22. The summed E-state index contributed by atoms with van der Waals surface area (Å²) in [6.45, 7) is 12.2. The predicted molar refractivity (Wildman–Crippen MR) is 136 cm³/mol. The van der Waals surface area contributed by atoms with E-state index in [0.29, 0.717) is 11.6 Å². The summed E-state index contributed by atoms with van der Waals surface area (Å²) in [5, 5.41) is 7.50. The molecule has 1 aromatic heterocycles. The maximum absolute atomic E-state index is 12.4. The Morgan fingerprint density at radius 3 is 2.39 bits per heavy atom. The van der Waals surface area contributed by atoms with Gasteiger partial charge in [-0.2, -0.15) is 4.98 Å². The van der Waals surface area contributed by atoms with E-state index in [-0.39, 0.29) is 18.1 Å². The molecule has 2 heterocycles. The van der Waals surface area contributed by atoms with Gasteiger partial charge in [0.1, 0.15) is 12.0 Å². The van der Waals surface area contributed by atoms with Crippen molar-refractivity contribution in [1.82, 2.24) is 9.55 Å². The molecule has 2 unspecified atom stereocenters. The Kier molecular flexibility index (Phi) is 10.1. The lowest BCUT2D eigenvalue weighted by Gasteiger charge is -2.15. The molecule has 0 aliphatic carbocycles. The highest BCUT2D eigenvalue weighted by Crippen LogP contribution is 2.33. The second-order valence-electron chi connectivity index (χ2n) is 7.39. The van der Waals surface area contributed by atoms with E-state index < -0.39 is 11.7 Å². The van der Waals surface area contributed by atoms with Crippen LogP contribution in [0.15, 0.2) is 59.5 Å². The number of hydrogen-bond acceptors (Lipinski definition) is 4. The van der Waals surface area contributed by atoms with E-state index in [1.54, 1.807) is 12.3 Å². The molecule has 3 atom stereocenters. The van der Waals surface area contributed by atoms with Gasteiger partial charge in [0, 0.05) is 11.9 Å². The lowest BCUT2D eigenvalue weighted by Crippen LogP contribution is -2.29. The molecule has 7 heteroatoms. The van der Waals surface area contributed by atoms with Crippen LogP contribution in [0.25, 0.3) is 10.8 Å². The maximum Gasteiger partial charge on any atom is 0.351 e. The van der Waals surface area contributed by atoms with Crippen molar-refractivity contribution in [2.24, 2.45) is 5.92 Å². The molecule has 2 N–H and O–H groups in total. The highest BCUT2D eigenvalue weighted by atomic mass is 16.5. The van der Waals surface area contributed by atoms with Crippen molar-refractivity contribution in [3.8, 4) is 0 Å². The molecule has 7 nitrogen and oxygen atoms in total. The predicted octanol–water partition coefficient (Wildman–Crippen LogP) is 6.43. The number of nitrogens with one attached hydrogen (secondary N) is 2. The van der Waals surface area contributed by atoms with Gasteiger partial charge in [0.05, 0.1) is 6.10 Å². The lowest BCUT2D eigenvalue weighted by molar-refractivity contribution is -0.00747. The van der Waals surface area contributed by atoms with E-state index >= 15 is 0 Å². The molecular formula is C26H36N4O3. The highest BCUT2D eigenvalue weighted by molar-refractivity contribution is 6.00. The minimum absolute atomic E-state index is 0.150. The highest BCUT2D eigenvalue weighted by Gasteiger charge is 2.32. The molecule has 1 aliphatic heterocycles. The third-order valence-electron chi connectivity index (χ3n) is 5.33. The SMILES string of the molecule is CC.CC.CCC1OC(n2ccc(NC(=O)Nc3ccc4ccccc4c3)nc2=O)C[C@H]1C. The molecule has 3 aromatic rings. The number of urea groups is 1. The summed E-state index contributed by atoms with van der Waals surface area (Å²) in [5.41, 5.74) is 0.218. The van der Waals surface area contributed by atoms with Gasteiger partial charge >= 0.3 is 11.7 Å². The fraction of sp³-hybridized carbons (Fsp3) is 0.423. The Bertz CT molecular complexity index is 1100. The van der Waals surface area contributed by atoms with Gasteiger partial charge in [0.25, 0.3) is 0 Å². The first kappa shape index (κ1) is 26.1. The quantitative estimate of drug-likeness (QED) is 0.478. The summed E-state index contributed by atoms with van der Waals surface area (Å²) >= 11 is 0. The van der Waals surface area contributed by atoms with Crippen LogP contribution >= 0.6 is 0 Å². The van der Waals surface area contributed by atoms with Gasteiger partial charge in [-0.1, -0.05) is 71.9 Å². The zero-order chi connectivity index (χ0) is 24.4. The van der Waals surface area contributed by atoms with Crippen LogP contribution in [0.2, 0.25) is 0 Å². The van der Waals surface area contributed by atoms with Gasteiger partial charge in [-0.15, -0.1) is 0 Å². The number of carbonyl (C=O) groups excluding carboxylic acids is 1. The van der Waals surface area contributed by atoms with Crippen molar-refractivity contribution in [1.29, 1.82) is 0 Å². The zero-order valence-corrected chi connectivity index (χ0v) is 20.5. The topological polar surface area (TPSA) is 85.2 Å². The number of hydrogen-bond donors (Lipinski definition) is 2. The van der Waals surface area contributed by atoms with E-state index in [1.807, 2.05) is 70.2 Å². The third kappa shape index (κ3) is 6.65. The van der Waals surface area contributed by atoms with Gasteiger partial charge in [0.15, 0.2) is 0 Å². The van der Waals surface area contributed by atoms with Crippen LogP contribution in [0.1, 0.15) is 60.6 Å². The number of carbonyl (C=O) groups is 1. The molecule has 2 aromatic carbocycles. The number of amides is 2. The molecule has 1 fully saturated rings. The molecule has 33 heavy (non-hydrogen) atoms. The van der Waals surface area contributed by atoms with E-state index in [4.69, 9.17) is 4.74 Å². The lowest BCUT2D eigenvalue weighted by atomic mass is 10.0. The molecule has 0 spiro atoms.